The van der Waals surface area contributed by atoms with Crippen molar-refractivity contribution in [2.24, 2.45) is 0 Å². The molecule has 1 aromatic carbocycles. The maximum absolute atomic E-state index is 11.9. The highest BCUT2D eigenvalue weighted by molar-refractivity contribution is 5.74. The van der Waals surface area contributed by atoms with E-state index in [1.54, 1.807) is 12.1 Å². The molecule has 2 amide bonds. The molecule has 7 heteroatoms. The number of hydrogen-bond acceptors (Lipinski definition) is 4. The number of phenols is 1. The molecule has 4 N–H and O–H groups in total. The molecule has 1 aromatic rings. The number of aliphatic carboxylic acids is 1. The van der Waals surface area contributed by atoms with Gasteiger partial charge in [0.25, 0.3) is 0 Å². The van der Waals surface area contributed by atoms with Gasteiger partial charge in [-0.2, -0.15) is 0 Å². The lowest BCUT2D eigenvalue weighted by molar-refractivity contribution is -0.139. The summed E-state index contributed by atoms with van der Waals surface area (Å²) in [4.78, 5) is 24.6. The van der Waals surface area contributed by atoms with E-state index >= 15 is 0 Å². The van der Waals surface area contributed by atoms with E-state index in [9.17, 15) is 14.7 Å². The number of benzene rings is 1. The van der Waals surface area contributed by atoms with E-state index in [1.807, 2.05) is 24.0 Å². The van der Waals surface area contributed by atoms with E-state index in [0.29, 0.717) is 13.1 Å². The lowest BCUT2D eigenvalue weighted by Gasteiger charge is -2.42. The number of hydrogen-bond donors (Lipinski definition) is 4. The van der Waals surface area contributed by atoms with Crippen molar-refractivity contribution < 1.29 is 19.8 Å². The maximum Gasteiger partial charge on any atom is 0.317 e. The third-order valence-electron chi connectivity index (χ3n) is 4.57. The van der Waals surface area contributed by atoms with Gasteiger partial charge in [-0.25, -0.2) is 4.79 Å². The van der Waals surface area contributed by atoms with E-state index in [-0.39, 0.29) is 30.4 Å². The van der Waals surface area contributed by atoms with E-state index in [2.05, 4.69) is 10.6 Å². The van der Waals surface area contributed by atoms with Crippen LogP contribution < -0.4 is 10.6 Å². The minimum atomic E-state index is -0.815. The average molecular weight is 349 g/mol. The summed E-state index contributed by atoms with van der Waals surface area (Å²) in [6.07, 6.45) is 3.25. The second-order valence-corrected chi connectivity index (χ2v) is 6.45. The van der Waals surface area contributed by atoms with Gasteiger partial charge in [-0.05, 0) is 49.9 Å². The number of carboxylic acids is 1. The quantitative estimate of drug-likeness (QED) is 0.507. The number of rotatable bonds is 9. The highest BCUT2D eigenvalue weighted by Crippen LogP contribution is 2.25. The summed E-state index contributed by atoms with van der Waals surface area (Å²) in [7, 11) is 0. The predicted octanol–water partition coefficient (Wildman–Crippen LogP) is 1.56. The summed E-state index contributed by atoms with van der Waals surface area (Å²) in [5.74, 6) is -0.560. The smallest absolute Gasteiger partial charge is 0.317 e. The van der Waals surface area contributed by atoms with Crippen LogP contribution in [0.25, 0.3) is 0 Å². The molecule has 0 unspecified atom stereocenters. The molecule has 0 atom stereocenters. The molecule has 1 aliphatic rings. The second kappa shape index (κ2) is 9.27. The van der Waals surface area contributed by atoms with Gasteiger partial charge in [0.2, 0.25) is 0 Å². The molecule has 1 saturated carbocycles. The number of nitrogens with zero attached hydrogens (tertiary/aromatic N) is 1. The monoisotopic (exact) mass is 349 g/mol. The summed E-state index contributed by atoms with van der Waals surface area (Å²) in [5.41, 5.74) is 1.12. The molecule has 1 fully saturated rings. The van der Waals surface area contributed by atoms with Crippen molar-refractivity contribution in [1.29, 1.82) is 0 Å². The topological polar surface area (TPSA) is 102 Å². The number of carbonyl (C=O) groups excluding carboxylic acids is 1. The van der Waals surface area contributed by atoms with Crippen LogP contribution in [0, 0.1) is 0 Å². The standard InChI is InChI=1S/C18H27N3O4/c1-2-21(12-17(23)24)15-10-14(11-15)20-18(25)19-9-3-4-13-5-7-16(22)8-6-13/h5-8,14-15,22H,2-4,9-12H2,1H3,(H,23,24)(H2,19,20,25). The highest BCUT2D eigenvalue weighted by atomic mass is 16.4. The van der Waals surface area contributed by atoms with Gasteiger partial charge in [0.05, 0.1) is 6.54 Å². The molecule has 0 heterocycles. The summed E-state index contributed by atoms with van der Waals surface area (Å²) in [6, 6.07) is 7.25. The van der Waals surface area contributed by atoms with Crippen molar-refractivity contribution in [3.05, 3.63) is 29.8 Å². The zero-order valence-electron chi connectivity index (χ0n) is 14.6. The van der Waals surface area contributed by atoms with Crippen molar-refractivity contribution in [3.63, 3.8) is 0 Å². The first-order chi connectivity index (χ1) is 12.0. The first kappa shape index (κ1) is 19.1. The Kier molecular flexibility index (Phi) is 7.06. The SMILES string of the molecule is CCN(CC(=O)O)C1CC(NC(=O)NCCCc2ccc(O)cc2)C1. The number of aromatic hydroxyl groups is 1. The lowest BCUT2D eigenvalue weighted by atomic mass is 9.85. The van der Waals surface area contributed by atoms with Crippen LogP contribution in [0.4, 0.5) is 4.79 Å². The molecule has 138 valence electrons. The van der Waals surface area contributed by atoms with Crippen LogP contribution >= 0.6 is 0 Å². The fraction of sp³-hybridized carbons (Fsp3) is 0.556. The highest BCUT2D eigenvalue weighted by Gasteiger charge is 2.34. The molecule has 7 nitrogen and oxygen atoms in total. The Balaban J connectivity index is 1.57. The van der Waals surface area contributed by atoms with Crippen LogP contribution in [-0.2, 0) is 11.2 Å². The molecule has 0 aliphatic heterocycles. The molecular weight excluding hydrogens is 322 g/mol. The van der Waals surface area contributed by atoms with Crippen molar-refractivity contribution in [3.8, 4) is 5.75 Å². The molecule has 0 aromatic heterocycles. The van der Waals surface area contributed by atoms with Gasteiger partial charge in [0.15, 0.2) is 0 Å². The Morgan fingerprint density at radius 1 is 1.24 bits per heavy atom. The van der Waals surface area contributed by atoms with Gasteiger partial charge in [-0.3, -0.25) is 9.69 Å². The van der Waals surface area contributed by atoms with E-state index < -0.39 is 5.97 Å². The van der Waals surface area contributed by atoms with Gasteiger partial charge in [-0.15, -0.1) is 0 Å². The first-order valence-corrected chi connectivity index (χ1v) is 8.76. The van der Waals surface area contributed by atoms with E-state index in [0.717, 1.165) is 31.2 Å². The van der Waals surface area contributed by atoms with Crippen LogP contribution in [0.1, 0.15) is 31.7 Å². The number of amides is 2. The van der Waals surface area contributed by atoms with Crippen LogP contribution in [0.15, 0.2) is 24.3 Å². The third-order valence-corrected chi connectivity index (χ3v) is 4.57. The van der Waals surface area contributed by atoms with Crippen LogP contribution in [0.5, 0.6) is 5.75 Å². The Hall–Kier alpha value is -2.28. The second-order valence-electron chi connectivity index (χ2n) is 6.45. The number of carboxylic acid groups (broad SMARTS) is 1. The molecule has 0 spiro atoms. The zero-order chi connectivity index (χ0) is 18.2. The summed E-state index contributed by atoms with van der Waals surface area (Å²) < 4.78 is 0. The lowest BCUT2D eigenvalue weighted by Crippen LogP contribution is -2.56. The van der Waals surface area contributed by atoms with Crippen LogP contribution in [-0.4, -0.2) is 58.8 Å². The minimum Gasteiger partial charge on any atom is -0.508 e. The summed E-state index contributed by atoms with van der Waals surface area (Å²) in [6.45, 7) is 3.29. The average Bonchev–Trinajstić information content (AvgIpc) is 2.54. The van der Waals surface area contributed by atoms with E-state index in [4.69, 9.17) is 5.11 Å². The fourth-order valence-corrected chi connectivity index (χ4v) is 3.07. The van der Waals surface area contributed by atoms with Crippen LogP contribution in [0.3, 0.4) is 0 Å². The van der Waals surface area contributed by atoms with Gasteiger partial charge in [0, 0.05) is 18.6 Å². The summed E-state index contributed by atoms with van der Waals surface area (Å²) in [5, 5.41) is 23.9. The Morgan fingerprint density at radius 2 is 1.92 bits per heavy atom. The molecule has 0 bridgehead atoms. The maximum atomic E-state index is 11.9. The number of nitrogens with one attached hydrogen (secondary N) is 2. The number of aryl methyl sites for hydroxylation is 1. The molecule has 0 saturated heterocycles. The van der Waals surface area contributed by atoms with Crippen LogP contribution in [0.2, 0.25) is 0 Å². The van der Waals surface area contributed by atoms with Crippen molar-refractivity contribution in [1.82, 2.24) is 15.5 Å². The molecule has 2 rings (SSSR count). The molecule has 25 heavy (non-hydrogen) atoms. The van der Waals surface area contributed by atoms with Gasteiger partial charge >= 0.3 is 12.0 Å². The number of likely N-dealkylation sites (N-methyl/N-ethyl adjacent to an activating group) is 1. The Bertz CT molecular complexity index is 570. The third kappa shape index (κ3) is 6.26. The molecule has 1 aliphatic carbocycles. The Labute approximate surface area is 148 Å². The van der Waals surface area contributed by atoms with Crippen molar-refractivity contribution >= 4 is 12.0 Å². The van der Waals surface area contributed by atoms with Gasteiger partial charge < -0.3 is 20.8 Å². The number of carbonyl (C=O) groups is 2. The Morgan fingerprint density at radius 3 is 2.52 bits per heavy atom. The molecular formula is C18H27N3O4. The first-order valence-electron chi connectivity index (χ1n) is 8.76. The number of urea groups is 1. The molecule has 0 radical (unpaired) electrons. The zero-order valence-corrected chi connectivity index (χ0v) is 14.6. The summed E-state index contributed by atoms with van der Waals surface area (Å²) >= 11 is 0. The fourth-order valence-electron chi connectivity index (χ4n) is 3.07. The number of phenolic OH excluding ortho intramolecular Hbond substituents is 1. The predicted molar refractivity (Wildman–Crippen MR) is 94.7 cm³/mol. The minimum absolute atomic E-state index is 0.0529. The van der Waals surface area contributed by atoms with Crippen molar-refractivity contribution in [2.75, 3.05) is 19.6 Å². The largest absolute Gasteiger partial charge is 0.508 e. The van der Waals surface area contributed by atoms with E-state index in [1.165, 1.54) is 0 Å². The van der Waals surface area contributed by atoms with Gasteiger partial charge in [-0.1, -0.05) is 19.1 Å². The van der Waals surface area contributed by atoms with Gasteiger partial charge in [0.1, 0.15) is 5.75 Å². The normalized spacial score (nSPS) is 19.3. The van der Waals surface area contributed by atoms with Crippen molar-refractivity contribution in [2.45, 2.75) is 44.7 Å².